The molecule has 2 aromatic rings. The summed E-state index contributed by atoms with van der Waals surface area (Å²) < 4.78 is 19.6. The van der Waals surface area contributed by atoms with E-state index in [1.165, 1.54) is 18.2 Å². The smallest absolute Gasteiger partial charge is 0.313 e. The number of carbonyl (C=O) groups is 2. The van der Waals surface area contributed by atoms with Gasteiger partial charge in [-0.2, -0.15) is 0 Å². The van der Waals surface area contributed by atoms with Crippen LogP contribution in [0.25, 0.3) is 11.1 Å². The number of allylic oxidation sites excluding steroid dienone is 1. The highest BCUT2D eigenvalue weighted by molar-refractivity contribution is 5.97. The van der Waals surface area contributed by atoms with Gasteiger partial charge in [0, 0.05) is 17.7 Å². The molecule has 0 aliphatic heterocycles. The summed E-state index contributed by atoms with van der Waals surface area (Å²) in [6.07, 6.45) is 3.52. The fraction of sp³-hybridized carbons (Fsp3) is 0.217. The number of hydrogen-bond acceptors (Lipinski definition) is 4. The molecule has 0 aliphatic carbocycles. The Kier molecular flexibility index (Phi) is 7.71. The Morgan fingerprint density at radius 3 is 2.62 bits per heavy atom. The van der Waals surface area contributed by atoms with Crippen molar-refractivity contribution in [2.45, 2.75) is 25.7 Å². The summed E-state index contributed by atoms with van der Waals surface area (Å²) in [7, 11) is 0. The SMILES string of the molecule is C=CCC(=O)Nc1cc(N)ccc1-c1cc(F)cc(C(CC=C)C(=O)OCC)c1. The third-order valence-corrected chi connectivity index (χ3v) is 4.25. The second-order valence-electron chi connectivity index (χ2n) is 6.45. The Balaban J connectivity index is 2.53. The van der Waals surface area contributed by atoms with Gasteiger partial charge in [0.25, 0.3) is 0 Å². The summed E-state index contributed by atoms with van der Waals surface area (Å²) in [5.41, 5.74) is 8.32. The van der Waals surface area contributed by atoms with E-state index in [1.807, 2.05) is 0 Å². The summed E-state index contributed by atoms with van der Waals surface area (Å²) in [4.78, 5) is 24.4. The van der Waals surface area contributed by atoms with Crippen molar-refractivity contribution in [1.82, 2.24) is 0 Å². The number of nitrogens with one attached hydrogen (secondary N) is 1. The fourth-order valence-corrected chi connectivity index (χ4v) is 3.00. The van der Waals surface area contributed by atoms with Crippen LogP contribution in [0.3, 0.4) is 0 Å². The normalized spacial score (nSPS) is 11.4. The summed E-state index contributed by atoms with van der Waals surface area (Å²) in [6, 6.07) is 9.33. The molecule has 2 rings (SSSR count). The van der Waals surface area contributed by atoms with E-state index in [0.29, 0.717) is 34.5 Å². The highest BCUT2D eigenvalue weighted by atomic mass is 19.1. The van der Waals surface area contributed by atoms with E-state index in [1.54, 1.807) is 37.3 Å². The molecule has 1 amide bonds. The molecule has 29 heavy (non-hydrogen) atoms. The molecule has 6 heteroatoms. The first-order valence-corrected chi connectivity index (χ1v) is 9.28. The van der Waals surface area contributed by atoms with E-state index < -0.39 is 17.7 Å². The van der Waals surface area contributed by atoms with Gasteiger partial charge in [0.05, 0.1) is 18.2 Å². The number of benzene rings is 2. The van der Waals surface area contributed by atoms with Gasteiger partial charge in [-0.1, -0.05) is 18.2 Å². The van der Waals surface area contributed by atoms with E-state index in [0.717, 1.165) is 0 Å². The number of ether oxygens (including phenoxy) is 1. The van der Waals surface area contributed by atoms with Crippen LogP contribution >= 0.6 is 0 Å². The molecule has 0 saturated heterocycles. The lowest BCUT2D eigenvalue weighted by molar-refractivity contribution is -0.144. The molecule has 0 heterocycles. The van der Waals surface area contributed by atoms with Gasteiger partial charge in [0.15, 0.2) is 0 Å². The molecule has 3 N–H and O–H groups in total. The molecule has 0 spiro atoms. The summed E-state index contributed by atoms with van der Waals surface area (Å²) in [5.74, 6) is -1.88. The molecule has 0 aromatic heterocycles. The maximum atomic E-state index is 14.5. The van der Waals surface area contributed by atoms with Crippen molar-refractivity contribution in [3.63, 3.8) is 0 Å². The van der Waals surface area contributed by atoms with Gasteiger partial charge in [0.2, 0.25) is 5.91 Å². The van der Waals surface area contributed by atoms with Crippen molar-refractivity contribution in [1.29, 1.82) is 0 Å². The largest absolute Gasteiger partial charge is 0.466 e. The van der Waals surface area contributed by atoms with Crippen LogP contribution in [0, 0.1) is 5.82 Å². The number of rotatable bonds is 9. The van der Waals surface area contributed by atoms with Crippen LogP contribution in [0.4, 0.5) is 15.8 Å². The van der Waals surface area contributed by atoms with Crippen molar-refractivity contribution >= 4 is 23.3 Å². The first-order chi connectivity index (χ1) is 13.9. The topological polar surface area (TPSA) is 81.4 Å². The van der Waals surface area contributed by atoms with Crippen molar-refractivity contribution in [3.05, 3.63) is 73.1 Å². The zero-order chi connectivity index (χ0) is 21.4. The monoisotopic (exact) mass is 396 g/mol. The first kappa shape index (κ1) is 21.9. The van der Waals surface area contributed by atoms with Crippen molar-refractivity contribution in [2.75, 3.05) is 17.7 Å². The van der Waals surface area contributed by atoms with Gasteiger partial charge >= 0.3 is 5.97 Å². The highest BCUT2D eigenvalue weighted by Crippen LogP contribution is 2.34. The number of amides is 1. The van der Waals surface area contributed by atoms with Crippen LogP contribution in [0.15, 0.2) is 61.7 Å². The van der Waals surface area contributed by atoms with Crippen LogP contribution in [0.1, 0.15) is 31.2 Å². The molecule has 0 fully saturated rings. The lowest BCUT2D eigenvalue weighted by atomic mass is 9.92. The maximum Gasteiger partial charge on any atom is 0.313 e. The lowest BCUT2D eigenvalue weighted by Crippen LogP contribution is -2.16. The molecule has 1 unspecified atom stereocenters. The van der Waals surface area contributed by atoms with Gasteiger partial charge in [-0.05, 0) is 54.8 Å². The highest BCUT2D eigenvalue weighted by Gasteiger charge is 2.22. The minimum absolute atomic E-state index is 0.132. The van der Waals surface area contributed by atoms with E-state index in [9.17, 15) is 14.0 Å². The zero-order valence-corrected chi connectivity index (χ0v) is 16.4. The van der Waals surface area contributed by atoms with Crippen LogP contribution in [0.2, 0.25) is 0 Å². The standard InChI is InChI=1S/C23H25FN2O3/c1-4-7-20(23(28)29-6-3)16-11-15(12-17(24)13-16)19-10-9-18(25)14-21(19)26-22(27)8-5-2/h4-5,9-14,20H,1-2,6-8,25H2,3H3,(H,26,27). The maximum absolute atomic E-state index is 14.5. The van der Waals surface area contributed by atoms with E-state index in [-0.39, 0.29) is 18.9 Å². The fourth-order valence-electron chi connectivity index (χ4n) is 3.00. The van der Waals surface area contributed by atoms with Crippen LogP contribution in [0.5, 0.6) is 0 Å². The molecule has 1 atom stereocenters. The third-order valence-electron chi connectivity index (χ3n) is 4.25. The van der Waals surface area contributed by atoms with E-state index in [4.69, 9.17) is 10.5 Å². The lowest BCUT2D eigenvalue weighted by Gasteiger charge is -2.17. The number of anilines is 2. The molecular weight excluding hydrogens is 371 g/mol. The minimum atomic E-state index is -0.672. The predicted molar refractivity (Wildman–Crippen MR) is 114 cm³/mol. The van der Waals surface area contributed by atoms with Crippen LogP contribution in [-0.2, 0) is 14.3 Å². The van der Waals surface area contributed by atoms with Gasteiger partial charge in [-0.3, -0.25) is 9.59 Å². The molecule has 0 radical (unpaired) electrons. The number of nitrogen functional groups attached to an aromatic ring is 1. The van der Waals surface area contributed by atoms with Crippen LogP contribution in [-0.4, -0.2) is 18.5 Å². The number of esters is 1. The quantitative estimate of drug-likeness (QED) is 0.362. The van der Waals surface area contributed by atoms with Crippen molar-refractivity contribution < 1.29 is 18.7 Å². The molecule has 0 saturated carbocycles. The Morgan fingerprint density at radius 2 is 1.97 bits per heavy atom. The second-order valence-corrected chi connectivity index (χ2v) is 6.45. The van der Waals surface area contributed by atoms with Crippen molar-refractivity contribution in [2.24, 2.45) is 0 Å². The molecule has 5 nitrogen and oxygen atoms in total. The molecule has 0 bridgehead atoms. The zero-order valence-electron chi connectivity index (χ0n) is 16.4. The third kappa shape index (κ3) is 5.78. The number of hydrogen-bond donors (Lipinski definition) is 2. The Labute approximate surface area is 170 Å². The van der Waals surface area contributed by atoms with Crippen molar-refractivity contribution in [3.8, 4) is 11.1 Å². The molecule has 0 aliphatic rings. The second kappa shape index (κ2) is 10.2. The summed E-state index contributed by atoms with van der Waals surface area (Å²) in [5, 5.41) is 2.77. The average Bonchev–Trinajstić information content (AvgIpc) is 2.66. The van der Waals surface area contributed by atoms with Gasteiger partial charge in [0.1, 0.15) is 5.82 Å². The molecular formula is C23H25FN2O3. The van der Waals surface area contributed by atoms with E-state index in [2.05, 4.69) is 18.5 Å². The summed E-state index contributed by atoms with van der Waals surface area (Å²) in [6.45, 7) is 9.16. The van der Waals surface area contributed by atoms with Gasteiger partial charge < -0.3 is 15.8 Å². The number of halogens is 1. The van der Waals surface area contributed by atoms with E-state index >= 15 is 0 Å². The Hall–Kier alpha value is -3.41. The number of nitrogens with two attached hydrogens (primary N) is 1. The Morgan fingerprint density at radius 1 is 1.21 bits per heavy atom. The van der Waals surface area contributed by atoms with Gasteiger partial charge in [-0.15, -0.1) is 13.2 Å². The predicted octanol–water partition coefficient (Wildman–Crippen LogP) is 4.81. The van der Waals surface area contributed by atoms with Crippen LogP contribution < -0.4 is 11.1 Å². The Bertz CT molecular complexity index is 924. The average molecular weight is 396 g/mol. The minimum Gasteiger partial charge on any atom is -0.466 e. The summed E-state index contributed by atoms with van der Waals surface area (Å²) >= 11 is 0. The molecule has 152 valence electrons. The first-order valence-electron chi connectivity index (χ1n) is 9.28. The van der Waals surface area contributed by atoms with Gasteiger partial charge in [-0.25, -0.2) is 4.39 Å². The molecule has 2 aromatic carbocycles. The number of carbonyl (C=O) groups excluding carboxylic acids is 2.